The van der Waals surface area contributed by atoms with E-state index in [1.54, 1.807) is 7.11 Å². The molecule has 1 N–H and O–H groups in total. The zero-order valence-corrected chi connectivity index (χ0v) is 11.8. The Balaban J connectivity index is 2.55. The monoisotopic (exact) mass is 264 g/mol. The Hall–Kier alpha value is -0.170. The lowest BCUT2D eigenvalue weighted by molar-refractivity contribution is 0.0857. The summed E-state index contributed by atoms with van der Waals surface area (Å²) >= 11 is 0. The third-order valence-corrected chi connectivity index (χ3v) is 5.10. The maximum atomic E-state index is 11.5. The molecule has 0 spiro atoms. The van der Waals surface area contributed by atoms with Gasteiger partial charge in [0.05, 0.1) is 18.1 Å². The number of rotatable bonds is 7. The number of methoxy groups -OCH3 is 1. The van der Waals surface area contributed by atoms with Crippen LogP contribution in [0.5, 0.6) is 0 Å². The predicted octanol–water partition coefficient (Wildman–Crippen LogP) is -0.270. The van der Waals surface area contributed by atoms with Gasteiger partial charge in [-0.05, 0) is 20.0 Å². The molecule has 2 unspecified atom stereocenters. The molecular formula is C11H24N2O3S. The molecule has 0 aliphatic carbocycles. The molecule has 1 fully saturated rings. The van der Waals surface area contributed by atoms with Crippen molar-refractivity contribution >= 4 is 9.84 Å². The smallest absolute Gasteiger partial charge is 0.151 e. The van der Waals surface area contributed by atoms with E-state index >= 15 is 0 Å². The Bertz CT molecular complexity index is 319. The van der Waals surface area contributed by atoms with E-state index in [1.807, 2.05) is 7.05 Å². The topological polar surface area (TPSA) is 58.6 Å². The maximum absolute atomic E-state index is 11.5. The van der Waals surface area contributed by atoms with Crippen molar-refractivity contribution < 1.29 is 13.2 Å². The van der Waals surface area contributed by atoms with Gasteiger partial charge in [-0.3, -0.25) is 4.90 Å². The van der Waals surface area contributed by atoms with Crippen molar-refractivity contribution in [3.8, 4) is 0 Å². The van der Waals surface area contributed by atoms with Gasteiger partial charge in [0.15, 0.2) is 9.84 Å². The Kier molecular flexibility index (Phi) is 5.85. The molecular weight excluding hydrogens is 240 g/mol. The summed E-state index contributed by atoms with van der Waals surface area (Å²) in [5.41, 5.74) is 0. The van der Waals surface area contributed by atoms with Crippen molar-refractivity contribution in [2.24, 2.45) is 0 Å². The van der Waals surface area contributed by atoms with Crippen molar-refractivity contribution in [1.29, 1.82) is 0 Å². The summed E-state index contributed by atoms with van der Waals surface area (Å²) in [5.74, 6) is 0.610. The number of sulfone groups is 1. The first kappa shape index (κ1) is 14.9. The first-order valence-electron chi connectivity index (χ1n) is 6.12. The Morgan fingerprint density at radius 3 is 2.71 bits per heavy atom. The summed E-state index contributed by atoms with van der Waals surface area (Å²) in [6, 6.07) is 0.372. The van der Waals surface area contributed by atoms with Crippen LogP contribution in [0.1, 0.15) is 13.3 Å². The van der Waals surface area contributed by atoms with Gasteiger partial charge in [0.25, 0.3) is 0 Å². The third-order valence-electron chi connectivity index (χ3n) is 3.35. The quantitative estimate of drug-likeness (QED) is 0.686. The molecule has 0 aromatic heterocycles. The van der Waals surface area contributed by atoms with Gasteiger partial charge in [0, 0.05) is 25.7 Å². The second kappa shape index (κ2) is 6.68. The van der Waals surface area contributed by atoms with Crippen LogP contribution in [0, 0.1) is 0 Å². The molecule has 1 heterocycles. The third kappa shape index (κ3) is 4.54. The Morgan fingerprint density at radius 1 is 1.53 bits per heavy atom. The molecule has 102 valence electrons. The lowest BCUT2D eigenvalue weighted by atomic mass is 10.1. The van der Waals surface area contributed by atoms with E-state index in [9.17, 15) is 8.42 Å². The molecule has 6 heteroatoms. The molecule has 2 atom stereocenters. The number of nitrogens with one attached hydrogen (secondary N) is 1. The van der Waals surface area contributed by atoms with Crippen LogP contribution >= 0.6 is 0 Å². The molecule has 0 radical (unpaired) electrons. The van der Waals surface area contributed by atoms with Crippen LogP contribution in [0.4, 0.5) is 0 Å². The van der Waals surface area contributed by atoms with Crippen molar-refractivity contribution in [3.63, 3.8) is 0 Å². The number of hydrogen-bond donors (Lipinski definition) is 1. The normalized spacial score (nSPS) is 25.3. The second-order valence-electron chi connectivity index (χ2n) is 4.64. The van der Waals surface area contributed by atoms with Gasteiger partial charge in [0.1, 0.15) is 0 Å². The lowest BCUT2D eigenvalue weighted by Crippen LogP contribution is -2.48. The van der Waals surface area contributed by atoms with Crippen LogP contribution in [0.25, 0.3) is 0 Å². The maximum Gasteiger partial charge on any atom is 0.151 e. The van der Waals surface area contributed by atoms with E-state index in [-0.39, 0.29) is 17.8 Å². The average molecular weight is 264 g/mol. The summed E-state index contributed by atoms with van der Waals surface area (Å²) in [5, 5.41) is 3.29. The van der Waals surface area contributed by atoms with Crippen LogP contribution in [0.15, 0.2) is 0 Å². The summed E-state index contributed by atoms with van der Waals surface area (Å²) in [6.45, 7) is 4.43. The zero-order valence-electron chi connectivity index (χ0n) is 11.0. The molecule has 5 nitrogen and oxygen atoms in total. The molecule has 0 saturated carbocycles. The zero-order chi connectivity index (χ0) is 12.9. The second-order valence-corrected chi connectivity index (χ2v) is 6.87. The van der Waals surface area contributed by atoms with Crippen LogP contribution < -0.4 is 5.32 Å². The van der Waals surface area contributed by atoms with Gasteiger partial charge in [-0.2, -0.15) is 0 Å². The average Bonchev–Trinajstić information content (AvgIpc) is 2.64. The fraction of sp³-hybridized carbons (Fsp3) is 1.00. The van der Waals surface area contributed by atoms with Crippen molar-refractivity contribution in [2.75, 3.05) is 45.4 Å². The molecule has 1 aliphatic heterocycles. The van der Waals surface area contributed by atoms with Gasteiger partial charge in [-0.1, -0.05) is 6.92 Å². The van der Waals surface area contributed by atoms with Crippen LogP contribution in [0.3, 0.4) is 0 Å². The van der Waals surface area contributed by atoms with Crippen molar-refractivity contribution in [3.05, 3.63) is 0 Å². The lowest BCUT2D eigenvalue weighted by Gasteiger charge is -2.32. The number of likely N-dealkylation sites (N-methyl/N-ethyl adjacent to an activating group) is 2. The van der Waals surface area contributed by atoms with Gasteiger partial charge < -0.3 is 10.1 Å². The largest absolute Gasteiger partial charge is 0.383 e. The summed E-state index contributed by atoms with van der Waals surface area (Å²) in [4.78, 5) is 2.15. The highest BCUT2D eigenvalue weighted by atomic mass is 32.2. The minimum absolute atomic E-state index is 0.138. The summed E-state index contributed by atoms with van der Waals surface area (Å²) in [6.07, 6.45) is 0.741. The van der Waals surface area contributed by atoms with E-state index in [1.165, 1.54) is 0 Å². The Morgan fingerprint density at radius 2 is 2.24 bits per heavy atom. The summed E-state index contributed by atoms with van der Waals surface area (Å²) < 4.78 is 28.1. The number of nitrogens with zero attached hydrogens (tertiary/aromatic N) is 1. The molecule has 0 aromatic carbocycles. The highest BCUT2D eigenvalue weighted by Gasteiger charge is 2.33. The molecule has 0 amide bonds. The minimum Gasteiger partial charge on any atom is -0.383 e. The first-order chi connectivity index (χ1) is 8.00. The standard InChI is InChI=1S/C11H24N2O3S/c1-4-12-7-11(8-16-3)13(2)10-5-6-17(14,15)9-10/h10-12H,4-9H2,1-3H3. The van der Waals surface area contributed by atoms with Crippen LogP contribution in [0.2, 0.25) is 0 Å². The van der Waals surface area contributed by atoms with Gasteiger partial charge in [0.2, 0.25) is 0 Å². The van der Waals surface area contributed by atoms with E-state index in [0.717, 1.165) is 19.5 Å². The minimum atomic E-state index is -2.81. The van der Waals surface area contributed by atoms with Gasteiger partial charge in [-0.15, -0.1) is 0 Å². The van der Waals surface area contributed by atoms with E-state index in [0.29, 0.717) is 12.4 Å². The SMILES string of the molecule is CCNCC(COC)N(C)C1CCS(=O)(=O)C1. The molecule has 1 rings (SSSR count). The number of hydrogen-bond acceptors (Lipinski definition) is 5. The fourth-order valence-corrected chi connectivity index (χ4v) is 4.00. The Labute approximate surface area is 104 Å². The molecule has 1 saturated heterocycles. The fourth-order valence-electron chi connectivity index (χ4n) is 2.22. The van der Waals surface area contributed by atoms with Gasteiger partial charge >= 0.3 is 0 Å². The van der Waals surface area contributed by atoms with Gasteiger partial charge in [-0.25, -0.2) is 8.42 Å². The van der Waals surface area contributed by atoms with Crippen LogP contribution in [-0.4, -0.2) is 70.8 Å². The highest BCUT2D eigenvalue weighted by Crippen LogP contribution is 2.18. The predicted molar refractivity (Wildman–Crippen MR) is 69.0 cm³/mol. The number of ether oxygens (including phenoxy) is 1. The first-order valence-corrected chi connectivity index (χ1v) is 7.94. The summed E-state index contributed by atoms with van der Waals surface area (Å²) in [7, 11) is 0.859. The molecule has 0 aromatic rings. The van der Waals surface area contributed by atoms with E-state index in [4.69, 9.17) is 4.74 Å². The van der Waals surface area contributed by atoms with E-state index < -0.39 is 9.84 Å². The van der Waals surface area contributed by atoms with Crippen LogP contribution in [-0.2, 0) is 14.6 Å². The van der Waals surface area contributed by atoms with Crippen molar-refractivity contribution in [1.82, 2.24) is 10.2 Å². The highest BCUT2D eigenvalue weighted by molar-refractivity contribution is 7.91. The molecule has 0 bridgehead atoms. The molecule has 17 heavy (non-hydrogen) atoms. The van der Waals surface area contributed by atoms with E-state index in [2.05, 4.69) is 17.1 Å². The van der Waals surface area contributed by atoms with Crippen molar-refractivity contribution in [2.45, 2.75) is 25.4 Å². The molecule has 1 aliphatic rings.